The van der Waals surface area contributed by atoms with Gasteiger partial charge in [0, 0.05) is 12.1 Å². The maximum atomic E-state index is 8.86. The molecule has 2 heteroatoms. The molecule has 0 amide bonds. The lowest BCUT2D eigenvalue weighted by molar-refractivity contribution is 0.134. The number of fused-ring (bicyclic) bond motifs is 1. The largest absolute Gasteiger partial charge is 0.395 e. The molecule has 0 bridgehead atoms. The van der Waals surface area contributed by atoms with Gasteiger partial charge in [-0.2, -0.15) is 0 Å². The minimum Gasteiger partial charge on any atom is -0.395 e. The lowest BCUT2D eigenvalue weighted by Gasteiger charge is -2.42. The summed E-state index contributed by atoms with van der Waals surface area (Å²) in [6.45, 7) is 2.28. The SMILES string of the molecule is CC(CO)NC1CC2CC=CC21. The van der Waals surface area contributed by atoms with Gasteiger partial charge in [0.25, 0.3) is 0 Å². The molecule has 0 aromatic rings. The molecule has 2 rings (SSSR count). The Morgan fingerprint density at radius 1 is 1.67 bits per heavy atom. The molecule has 0 radical (unpaired) electrons. The summed E-state index contributed by atoms with van der Waals surface area (Å²) >= 11 is 0. The Morgan fingerprint density at radius 2 is 2.50 bits per heavy atom. The predicted molar refractivity (Wildman–Crippen MR) is 48.8 cm³/mol. The Kier molecular flexibility index (Phi) is 2.20. The van der Waals surface area contributed by atoms with Crippen molar-refractivity contribution < 1.29 is 5.11 Å². The van der Waals surface area contributed by atoms with Crippen LogP contribution in [0.4, 0.5) is 0 Å². The standard InChI is InChI=1S/C10H17NO/c1-7(6-12)11-10-5-8-3-2-4-9(8)10/h2,4,7-12H,3,5-6H2,1H3. The number of allylic oxidation sites excluding steroid dienone is 1. The number of hydrogen-bond donors (Lipinski definition) is 2. The quantitative estimate of drug-likeness (QED) is 0.613. The molecule has 0 heterocycles. The van der Waals surface area contributed by atoms with Gasteiger partial charge in [0.15, 0.2) is 0 Å². The lowest BCUT2D eigenvalue weighted by atomic mass is 9.71. The van der Waals surface area contributed by atoms with Gasteiger partial charge in [-0.25, -0.2) is 0 Å². The Morgan fingerprint density at radius 3 is 3.17 bits per heavy atom. The Bertz CT molecular complexity index is 190. The normalized spacial score (nSPS) is 40.7. The molecular weight excluding hydrogens is 150 g/mol. The van der Waals surface area contributed by atoms with Crippen LogP contribution in [-0.2, 0) is 0 Å². The number of rotatable bonds is 3. The molecule has 1 saturated carbocycles. The highest BCUT2D eigenvalue weighted by molar-refractivity contribution is 5.13. The number of hydrogen-bond acceptors (Lipinski definition) is 2. The maximum Gasteiger partial charge on any atom is 0.0582 e. The van der Waals surface area contributed by atoms with Crippen molar-refractivity contribution >= 4 is 0 Å². The monoisotopic (exact) mass is 167 g/mol. The molecule has 4 unspecified atom stereocenters. The average Bonchev–Trinajstić information content (AvgIpc) is 2.42. The van der Waals surface area contributed by atoms with Gasteiger partial charge in [-0.15, -0.1) is 0 Å². The Labute approximate surface area is 73.7 Å². The van der Waals surface area contributed by atoms with Crippen molar-refractivity contribution in [2.24, 2.45) is 11.8 Å². The Hall–Kier alpha value is -0.340. The van der Waals surface area contributed by atoms with Crippen LogP contribution in [0.1, 0.15) is 19.8 Å². The second kappa shape index (κ2) is 3.19. The lowest BCUT2D eigenvalue weighted by Crippen LogP contribution is -2.51. The maximum absolute atomic E-state index is 8.86. The summed E-state index contributed by atoms with van der Waals surface area (Å²) < 4.78 is 0. The van der Waals surface area contributed by atoms with E-state index in [1.165, 1.54) is 12.8 Å². The van der Waals surface area contributed by atoms with Crippen LogP contribution in [0.15, 0.2) is 12.2 Å². The van der Waals surface area contributed by atoms with Gasteiger partial charge < -0.3 is 10.4 Å². The number of aliphatic hydroxyl groups is 1. The predicted octanol–water partition coefficient (Wildman–Crippen LogP) is 0.921. The third kappa shape index (κ3) is 1.29. The fourth-order valence-electron chi connectivity index (χ4n) is 2.33. The molecule has 2 aliphatic carbocycles. The second-order valence-electron chi connectivity index (χ2n) is 4.09. The van der Waals surface area contributed by atoms with E-state index in [1.54, 1.807) is 0 Å². The van der Waals surface area contributed by atoms with Gasteiger partial charge in [-0.3, -0.25) is 0 Å². The van der Waals surface area contributed by atoms with E-state index in [-0.39, 0.29) is 12.6 Å². The minimum absolute atomic E-state index is 0.248. The summed E-state index contributed by atoms with van der Waals surface area (Å²) in [5.41, 5.74) is 0. The molecule has 0 saturated heterocycles. The van der Waals surface area contributed by atoms with E-state index >= 15 is 0 Å². The van der Waals surface area contributed by atoms with Crippen LogP contribution in [0.25, 0.3) is 0 Å². The van der Waals surface area contributed by atoms with E-state index in [4.69, 9.17) is 5.11 Å². The van der Waals surface area contributed by atoms with Crippen LogP contribution in [-0.4, -0.2) is 23.8 Å². The first-order chi connectivity index (χ1) is 5.81. The van der Waals surface area contributed by atoms with Gasteiger partial charge in [-0.1, -0.05) is 12.2 Å². The molecule has 0 spiro atoms. The smallest absolute Gasteiger partial charge is 0.0582 e. The molecule has 1 fully saturated rings. The summed E-state index contributed by atoms with van der Waals surface area (Å²) in [4.78, 5) is 0. The van der Waals surface area contributed by atoms with Crippen LogP contribution < -0.4 is 5.32 Å². The van der Waals surface area contributed by atoms with Crippen molar-refractivity contribution in [1.29, 1.82) is 0 Å². The van der Waals surface area contributed by atoms with E-state index in [9.17, 15) is 0 Å². The van der Waals surface area contributed by atoms with Crippen molar-refractivity contribution in [3.05, 3.63) is 12.2 Å². The van der Waals surface area contributed by atoms with Crippen molar-refractivity contribution in [3.8, 4) is 0 Å². The van der Waals surface area contributed by atoms with E-state index in [0.717, 1.165) is 11.8 Å². The molecule has 2 nitrogen and oxygen atoms in total. The van der Waals surface area contributed by atoms with Crippen molar-refractivity contribution in [2.75, 3.05) is 6.61 Å². The van der Waals surface area contributed by atoms with Gasteiger partial charge in [0.1, 0.15) is 0 Å². The first-order valence-corrected chi connectivity index (χ1v) is 4.85. The topological polar surface area (TPSA) is 32.3 Å². The zero-order chi connectivity index (χ0) is 8.55. The average molecular weight is 167 g/mol. The van der Waals surface area contributed by atoms with E-state index in [0.29, 0.717) is 6.04 Å². The van der Waals surface area contributed by atoms with Crippen molar-refractivity contribution in [2.45, 2.75) is 31.8 Å². The van der Waals surface area contributed by atoms with Gasteiger partial charge >= 0.3 is 0 Å². The highest BCUT2D eigenvalue weighted by Crippen LogP contribution is 2.42. The number of nitrogens with one attached hydrogen (secondary N) is 1. The fourth-order valence-corrected chi connectivity index (χ4v) is 2.33. The highest BCUT2D eigenvalue weighted by Gasteiger charge is 2.40. The highest BCUT2D eigenvalue weighted by atomic mass is 16.3. The third-order valence-electron chi connectivity index (χ3n) is 3.14. The van der Waals surface area contributed by atoms with Gasteiger partial charge in [-0.05, 0) is 31.6 Å². The number of aliphatic hydroxyl groups excluding tert-OH is 1. The minimum atomic E-state index is 0.248. The fraction of sp³-hybridized carbons (Fsp3) is 0.800. The van der Waals surface area contributed by atoms with E-state index in [2.05, 4.69) is 17.5 Å². The molecular formula is C10H17NO. The second-order valence-corrected chi connectivity index (χ2v) is 4.09. The summed E-state index contributed by atoms with van der Waals surface area (Å²) in [5.74, 6) is 1.67. The summed E-state index contributed by atoms with van der Waals surface area (Å²) in [5, 5.41) is 12.3. The molecule has 4 atom stereocenters. The zero-order valence-electron chi connectivity index (χ0n) is 7.53. The Balaban J connectivity index is 1.80. The molecule has 0 aromatic heterocycles. The van der Waals surface area contributed by atoms with Crippen molar-refractivity contribution in [1.82, 2.24) is 5.32 Å². The third-order valence-corrected chi connectivity index (χ3v) is 3.14. The first-order valence-electron chi connectivity index (χ1n) is 4.85. The summed E-state index contributed by atoms with van der Waals surface area (Å²) in [7, 11) is 0. The molecule has 2 aliphatic rings. The van der Waals surface area contributed by atoms with E-state index in [1.807, 2.05) is 6.92 Å². The van der Waals surface area contributed by atoms with Crippen LogP contribution >= 0.6 is 0 Å². The summed E-state index contributed by atoms with van der Waals surface area (Å²) in [6.07, 6.45) is 7.19. The van der Waals surface area contributed by atoms with Crippen LogP contribution in [0.3, 0.4) is 0 Å². The molecule has 0 aliphatic heterocycles. The van der Waals surface area contributed by atoms with E-state index < -0.39 is 0 Å². The first kappa shape index (κ1) is 8.27. The van der Waals surface area contributed by atoms with Crippen LogP contribution in [0.5, 0.6) is 0 Å². The molecule has 0 aromatic carbocycles. The van der Waals surface area contributed by atoms with Gasteiger partial charge in [0.05, 0.1) is 6.61 Å². The van der Waals surface area contributed by atoms with Crippen molar-refractivity contribution in [3.63, 3.8) is 0 Å². The summed E-state index contributed by atoms with van der Waals surface area (Å²) in [6, 6.07) is 0.890. The molecule has 2 N–H and O–H groups in total. The van der Waals surface area contributed by atoms with Crippen LogP contribution in [0.2, 0.25) is 0 Å². The molecule has 12 heavy (non-hydrogen) atoms. The van der Waals surface area contributed by atoms with Crippen LogP contribution in [0, 0.1) is 11.8 Å². The zero-order valence-corrected chi connectivity index (χ0v) is 7.53. The molecule has 68 valence electrons. The van der Waals surface area contributed by atoms with Gasteiger partial charge in [0.2, 0.25) is 0 Å².